The van der Waals surface area contributed by atoms with E-state index in [9.17, 15) is 26.0 Å². The van der Waals surface area contributed by atoms with Gasteiger partial charge in [-0.3, -0.25) is 0 Å². The fourth-order valence-corrected chi connectivity index (χ4v) is 4.91. The molecule has 166 valence electrons. The van der Waals surface area contributed by atoms with Crippen LogP contribution in [0.2, 0.25) is 0 Å². The van der Waals surface area contributed by atoms with Crippen molar-refractivity contribution in [1.82, 2.24) is 9.71 Å². The summed E-state index contributed by atoms with van der Waals surface area (Å²) in [5.41, 5.74) is -0.0133. The number of hydrogen-bond donors (Lipinski definition) is 1. The Morgan fingerprint density at radius 1 is 1.13 bits per heavy atom. The van der Waals surface area contributed by atoms with Crippen molar-refractivity contribution in [3.8, 4) is 16.3 Å². The van der Waals surface area contributed by atoms with Crippen LogP contribution in [0.25, 0.3) is 10.6 Å². The summed E-state index contributed by atoms with van der Waals surface area (Å²) in [5.74, 6) is -0.820. The first-order chi connectivity index (χ1) is 14.5. The first kappa shape index (κ1) is 23.2. The fraction of sp³-hybridized carbons (Fsp3) is 0.250. The monoisotopic (exact) mass is 474 g/mol. The molecule has 0 spiro atoms. The number of benzene rings is 2. The normalized spacial score (nSPS) is 12.2. The Morgan fingerprint density at radius 3 is 2.42 bits per heavy atom. The molecule has 0 unspecified atom stereocenters. The Kier molecular flexibility index (Phi) is 6.68. The van der Waals surface area contributed by atoms with Gasteiger partial charge in [0.2, 0.25) is 10.0 Å². The molecule has 11 heteroatoms. The standard InChI is InChI=1S/C20H18F4N2O3S2/c1-12-18(30-19(26-12)13-3-5-14(29-2)6-4-13)9-10-25-31(27,28)15-7-8-17(21)16(11-15)20(22,23)24/h3-8,11,25H,9-10H2,1-2H3. The van der Waals surface area contributed by atoms with Crippen LogP contribution < -0.4 is 9.46 Å². The van der Waals surface area contributed by atoms with E-state index in [1.807, 2.05) is 12.1 Å². The molecule has 1 N–H and O–H groups in total. The highest BCUT2D eigenvalue weighted by molar-refractivity contribution is 7.89. The van der Waals surface area contributed by atoms with Gasteiger partial charge >= 0.3 is 6.18 Å². The third-order valence-corrected chi connectivity index (χ3v) is 7.15. The minimum Gasteiger partial charge on any atom is -0.497 e. The van der Waals surface area contributed by atoms with Crippen molar-refractivity contribution in [2.45, 2.75) is 24.4 Å². The quantitative estimate of drug-likeness (QED) is 0.500. The summed E-state index contributed by atoms with van der Waals surface area (Å²) in [5, 5.41) is 0.756. The van der Waals surface area contributed by atoms with Gasteiger partial charge in [-0.25, -0.2) is 22.5 Å². The second kappa shape index (κ2) is 8.93. The molecule has 0 saturated heterocycles. The van der Waals surface area contributed by atoms with Crippen LogP contribution in [-0.4, -0.2) is 27.1 Å². The molecule has 0 aliphatic heterocycles. The number of rotatable bonds is 7. The van der Waals surface area contributed by atoms with Gasteiger partial charge in [0.1, 0.15) is 16.6 Å². The summed E-state index contributed by atoms with van der Waals surface area (Å²) in [6.07, 6.45) is -4.70. The molecule has 0 atom stereocenters. The predicted octanol–water partition coefficient (Wildman–Crippen LogP) is 4.81. The molecule has 0 bridgehead atoms. The Labute approximate surface area is 180 Å². The van der Waals surface area contributed by atoms with E-state index in [1.165, 1.54) is 11.3 Å². The molecule has 1 aromatic heterocycles. The lowest BCUT2D eigenvalue weighted by Crippen LogP contribution is -2.26. The average Bonchev–Trinajstić information content (AvgIpc) is 3.08. The molecule has 0 saturated carbocycles. The van der Waals surface area contributed by atoms with Gasteiger partial charge in [0.25, 0.3) is 0 Å². The van der Waals surface area contributed by atoms with E-state index >= 15 is 0 Å². The Balaban J connectivity index is 1.70. The van der Waals surface area contributed by atoms with Gasteiger partial charge in [0.05, 0.1) is 23.3 Å². The molecule has 3 aromatic rings. The molecule has 3 rings (SSSR count). The molecule has 0 aliphatic rings. The maximum Gasteiger partial charge on any atom is 0.419 e. The minimum absolute atomic E-state index is 0.0495. The van der Waals surface area contributed by atoms with Crippen LogP contribution in [0, 0.1) is 12.7 Å². The third-order valence-electron chi connectivity index (χ3n) is 4.43. The van der Waals surface area contributed by atoms with E-state index in [0.29, 0.717) is 18.2 Å². The zero-order valence-corrected chi connectivity index (χ0v) is 18.1. The van der Waals surface area contributed by atoms with Crippen LogP contribution in [0.1, 0.15) is 16.1 Å². The summed E-state index contributed by atoms with van der Waals surface area (Å²) in [6, 6.07) is 8.90. The van der Waals surface area contributed by atoms with Gasteiger partial charge < -0.3 is 4.74 Å². The van der Waals surface area contributed by atoms with Crippen molar-refractivity contribution in [2.24, 2.45) is 0 Å². The predicted molar refractivity (Wildman–Crippen MR) is 109 cm³/mol. The Hall–Kier alpha value is -2.50. The summed E-state index contributed by atoms with van der Waals surface area (Å²) < 4.78 is 84.1. The molecule has 0 aliphatic carbocycles. The number of nitrogens with one attached hydrogen (secondary N) is 1. The number of halogens is 4. The molecule has 0 radical (unpaired) electrons. The molecular formula is C20H18F4N2O3S2. The lowest BCUT2D eigenvalue weighted by molar-refractivity contribution is -0.140. The number of ether oxygens (including phenoxy) is 1. The molecule has 1 heterocycles. The van der Waals surface area contributed by atoms with Crippen LogP contribution >= 0.6 is 11.3 Å². The maximum absolute atomic E-state index is 13.4. The molecule has 31 heavy (non-hydrogen) atoms. The van der Waals surface area contributed by atoms with E-state index in [4.69, 9.17) is 4.74 Å². The van der Waals surface area contributed by atoms with Crippen LogP contribution in [0.5, 0.6) is 5.75 Å². The Bertz CT molecular complexity index is 1170. The highest BCUT2D eigenvalue weighted by Gasteiger charge is 2.35. The maximum atomic E-state index is 13.4. The van der Waals surface area contributed by atoms with Crippen molar-refractivity contribution in [1.29, 1.82) is 0 Å². The zero-order valence-electron chi connectivity index (χ0n) is 16.5. The number of nitrogens with zero attached hydrogens (tertiary/aromatic N) is 1. The van der Waals surface area contributed by atoms with E-state index in [2.05, 4.69) is 9.71 Å². The van der Waals surface area contributed by atoms with Gasteiger partial charge in [0.15, 0.2) is 0 Å². The molecular weight excluding hydrogens is 456 g/mol. The van der Waals surface area contributed by atoms with Crippen LogP contribution in [0.3, 0.4) is 0 Å². The summed E-state index contributed by atoms with van der Waals surface area (Å²) in [4.78, 5) is 4.68. The van der Waals surface area contributed by atoms with Gasteiger partial charge in [-0.1, -0.05) is 0 Å². The van der Waals surface area contributed by atoms with Gasteiger partial charge in [-0.2, -0.15) is 13.2 Å². The van der Waals surface area contributed by atoms with Gasteiger partial charge in [0, 0.05) is 17.0 Å². The highest BCUT2D eigenvalue weighted by Crippen LogP contribution is 2.33. The van der Waals surface area contributed by atoms with Crippen LogP contribution in [0.15, 0.2) is 47.4 Å². The number of aryl methyl sites for hydroxylation is 1. The second-order valence-corrected chi connectivity index (χ2v) is 9.39. The van der Waals surface area contributed by atoms with E-state index in [1.54, 1.807) is 26.2 Å². The van der Waals surface area contributed by atoms with E-state index in [0.717, 1.165) is 27.2 Å². The number of alkyl halides is 3. The van der Waals surface area contributed by atoms with Gasteiger partial charge in [-0.05, 0) is 55.8 Å². The number of hydrogen-bond acceptors (Lipinski definition) is 5. The SMILES string of the molecule is COc1ccc(-c2nc(C)c(CCNS(=O)(=O)c3ccc(F)c(C(F)(F)F)c3)s2)cc1. The van der Waals surface area contributed by atoms with Crippen LogP contribution in [-0.2, 0) is 22.6 Å². The number of sulfonamides is 1. The first-order valence-electron chi connectivity index (χ1n) is 8.98. The molecule has 2 aromatic carbocycles. The molecule has 0 amide bonds. The van der Waals surface area contributed by atoms with Crippen LogP contribution in [0.4, 0.5) is 17.6 Å². The lowest BCUT2D eigenvalue weighted by atomic mass is 10.2. The van der Waals surface area contributed by atoms with Crippen molar-refractivity contribution < 1.29 is 30.7 Å². The third kappa shape index (κ3) is 5.41. The Morgan fingerprint density at radius 2 is 1.81 bits per heavy atom. The molecule has 0 fully saturated rings. The minimum atomic E-state index is -4.99. The van der Waals surface area contributed by atoms with Crippen molar-refractivity contribution in [3.63, 3.8) is 0 Å². The largest absolute Gasteiger partial charge is 0.497 e. The number of thiazole rings is 1. The average molecular weight is 475 g/mol. The lowest BCUT2D eigenvalue weighted by Gasteiger charge is -2.11. The summed E-state index contributed by atoms with van der Waals surface area (Å²) >= 11 is 1.40. The van der Waals surface area contributed by atoms with E-state index < -0.39 is 32.5 Å². The summed E-state index contributed by atoms with van der Waals surface area (Å²) in [7, 11) is -2.68. The van der Waals surface area contributed by atoms with Crippen molar-refractivity contribution in [3.05, 3.63) is 64.4 Å². The van der Waals surface area contributed by atoms with Crippen molar-refractivity contribution >= 4 is 21.4 Å². The molecule has 5 nitrogen and oxygen atoms in total. The van der Waals surface area contributed by atoms with Crippen molar-refractivity contribution in [2.75, 3.05) is 13.7 Å². The topological polar surface area (TPSA) is 68.3 Å². The summed E-state index contributed by atoms with van der Waals surface area (Å²) in [6.45, 7) is 1.75. The second-order valence-electron chi connectivity index (χ2n) is 6.54. The smallest absolute Gasteiger partial charge is 0.419 e. The zero-order chi connectivity index (χ0) is 22.8. The number of aromatic nitrogens is 1. The fourth-order valence-electron chi connectivity index (χ4n) is 2.79. The highest BCUT2D eigenvalue weighted by atomic mass is 32.2. The first-order valence-corrected chi connectivity index (χ1v) is 11.3. The van der Waals surface area contributed by atoms with Gasteiger partial charge in [-0.15, -0.1) is 11.3 Å². The van der Waals surface area contributed by atoms with E-state index in [-0.39, 0.29) is 12.6 Å². The number of methoxy groups -OCH3 is 1.